The monoisotopic (exact) mass is 331 g/mol. The highest BCUT2D eigenvalue weighted by Crippen LogP contribution is 2.35. The molecule has 1 aromatic rings. The molecule has 1 aromatic carbocycles. The molecule has 3 rings (SSSR count). The molecule has 2 heterocycles. The second-order valence-electron chi connectivity index (χ2n) is 6.93. The van der Waals surface area contributed by atoms with E-state index in [0.29, 0.717) is 26.2 Å². The number of amides is 3. The highest BCUT2D eigenvalue weighted by atomic mass is 16.5. The second kappa shape index (κ2) is 6.34. The van der Waals surface area contributed by atoms with E-state index in [1.54, 1.807) is 25.9 Å². The van der Waals surface area contributed by atoms with E-state index >= 15 is 0 Å². The van der Waals surface area contributed by atoms with Gasteiger partial charge in [-0.05, 0) is 6.07 Å². The Morgan fingerprint density at radius 3 is 2.42 bits per heavy atom. The van der Waals surface area contributed by atoms with E-state index in [9.17, 15) is 9.59 Å². The highest BCUT2D eigenvalue weighted by Gasteiger charge is 2.42. The van der Waals surface area contributed by atoms with Gasteiger partial charge in [-0.3, -0.25) is 4.79 Å². The van der Waals surface area contributed by atoms with Gasteiger partial charge in [0.15, 0.2) is 0 Å². The van der Waals surface area contributed by atoms with Crippen LogP contribution in [0, 0.1) is 0 Å². The average molecular weight is 331 g/mol. The minimum Gasteiger partial charge on any atom is -0.485 e. The lowest BCUT2D eigenvalue weighted by Crippen LogP contribution is -2.56. The molecule has 0 unspecified atom stereocenters. The van der Waals surface area contributed by atoms with Gasteiger partial charge in [0.25, 0.3) is 0 Å². The summed E-state index contributed by atoms with van der Waals surface area (Å²) in [5, 5.41) is 0. The summed E-state index contributed by atoms with van der Waals surface area (Å²) in [5.41, 5.74) is 0.623. The molecule has 3 amide bonds. The maximum atomic E-state index is 12.2. The van der Waals surface area contributed by atoms with Crippen molar-refractivity contribution < 1.29 is 14.3 Å². The molecule has 0 aromatic heterocycles. The first kappa shape index (κ1) is 16.6. The summed E-state index contributed by atoms with van der Waals surface area (Å²) >= 11 is 0. The molecule has 2 aliphatic rings. The molecule has 0 bridgehead atoms. The van der Waals surface area contributed by atoms with Gasteiger partial charge in [0, 0.05) is 59.1 Å². The molecule has 0 radical (unpaired) electrons. The number of ether oxygens (including phenoxy) is 1. The van der Waals surface area contributed by atoms with Crippen LogP contribution in [0.4, 0.5) is 4.79 Å². The lowest BCUT2D eigenvalue weighted by Gasteiger charge is -2.43. The van der Waals surface area contributed by atoms with E-state index in [1.165, 1.54) is 0 Å². The fraction of sp³-hybridized carbons (Fsp3) is 0.556. The van der Waals surface area contributed by atoms with Crippen LogP contribution in [0.2, 0.25) is 0 Å². The molecule has 1 saturated heterocycles. The molecule has 1 spiro atoms. The van der Waals surface area contributed by atoms with Crippen LogP contribution in [0.1, 0.15) is 25.3 Å². The summed E-state index contributed by atoms with van der Waals surface area (Å²) in [6, 6.07) is 7.94. The minimum atomic E-state index is -0.415. The SMILES string of the molecule is CC(=O)N1Cc2ccccc2OC2(CCN(C(=O)N(C)C)CC2)C1. The summed E-state index contributed by atoms with van der Waals surface area (Å²) in [7, 11) is 3.53. The van der Waals surface area contributed by atoms with E-state index in [1.807, 2.05) is 34.1 Å². The fourth-order valence-electron chi connectivity index (χ4n) is 3.48. The molecule has 24 heavy (non-hydrogen) atoms. The van der Waals surface area contributed by atoms with Gasteiger partial charge >= 0.3 is 6.03 Å². The summed E-state index contributed by atoms with van der Waals surface area (Å²) < 4.78 is 6.41. The van der Waals surface area contributed by atoms with Gasteiger partial charge in [0.2, 0.25) is 5.91 Å². The smallest absolute Gasteiger partial charge is 0.319 e. The zero-order valence-electron chi connectivity index (χ0n) is 14.6. The number of benzene rings is 1. The van der Waals surface area contributed by atoms with Crippen LogP contribution in [0.3, 0.4) is 0 Å². The lowest BCUT2D eigenvalue weighted by molar-refractivity contribution is -0.132. The number of hydrogen-bond donors (Lipinski definition) is 0. The van der Waals surface area contributed by atoms with Crippen LogP contribution < -0.4 is 4.74 Å². The van der Waals surface area contributed by atoms with Gasteiger partial charge in [-0.2, -0.15) is 0 Å². The third-order valence-electron chi connectivity index (χ3n) is 4.91. The largest absolute Gasteiger partial charge is 0.485 e. The van der Waals surface area contributed by atoms with Crippen molar-refractivity contribution in [2.24, 2.45) is 0 Å². The Hall–Kier alpha value is -2.24. The predicted octanol–water partition coefficient (Wildman–Crippen LogP) is 1.94. The van der Waals surface area contributed by atoms with Crippen molar-refractivity contribution in [3.63, 3.8) is 0 Å². The number of piperidine rings is 1. The zero-order chi connectivity index (χ0) is 17.3. The first-order valence-corrected chi connectivity index (χ1v) is 8.39. The fourth-order valence-corrected chi connectivity index (χ4v) is 3.48. The normalized spacial score (nSPS) is 19.3. The number of nitrogens with zero attached hydrogens (tertiary/aromatic N) is 3. The Balaban J connectivity index is 1.82. The van der Waals surface area contributed by atoms with Crippen molar-refractivity contribution in [1.29, 1.82) is 0 Å². The van der Waals surface area contributed by atoms with E-state index < -0.39 is 5.60 Å². The standard InChI is InChI=1S/C18H25N3O3/c1-14(22)21-12-15-6-4-5-7-16(15)24-18(13-21)8-10-20(11-9-18)17(23)19(2)3/h4-7H,8-13H2,1-3H3. The Labute approximate surface area is 143 Å². The van der Waals surface area contributed by atoms with Crippen molar-refractivity contribution >= 4 is 11.9 Å². The number of fused-ring (bicyclic) bond motifs is 1. The first-order valence-electron chi connectivity index (χ1n) is 8.39. The summed E-state index contributed by atoms with van der Waals surface area (Å²) in [4.78, 5) is 29.5. The van der Waals surface area contributed by atoms with Crippen molar-refractivity contribution in [2.75, 3.05) is 33.7 Å². The van der Waals surface area contributed by atoms with Crippen LogP contribution >= 0.6 is 0 Å². The Kier molecular flexibility index (Phi) is 4.39. The van der Waals surface area contributed by atoms with Crippen LogP contribution in [-0.4, -0.2) is 66.0 Å². The Bertz CT molecular complexity index is 636. The molecule has 130 valence electrons. The molecule has 0 N–H and O–H groups in total. The van der Waals surface area contributed by atoms with Gasteiger partial charge in [0.05, 0.1) is 6.54 Å². The summed E-state index contributed by atoms with van der Waals surface area (Å²) in [6.07, 6.45) is 1.45. The molecule has 0 atom stereocenters. The van der Waals surface area contributed by atoms with Crippen LogP contribution in [0.25, 0.3) is 0 Å². The summed E-state index contributed by atoms with van der Waals surface area (Å²) in [5.74, 6) is 0.912. The topological polar surface area (TPSA) is 53.1 Å². The molecule has 1 fully saturated rings. The molecule has 0 aliphatic carbocycles. The van der Waals surface area contributed by atoms with Gasteiger partial charge in [-0.15, -0.1) is 0 Å². The van der Waals surface area contributed by atoms with Crippen molar-refractivity contribution in [3.8, 4) is 5.75 Å². The first-order chi connectivity index (χ1) is 11.4. The van der Waals surface area contributed by atoms with Gasteiger partial charge < -0.3 is 19.4 Å². The Morgan fingerprint density at radius 1 is 1.12 bits per heavy atom. The summed E-state index contributed by atoms with van der Waals surface area (Å²) in [6.45, 7) is 4.04. The van der Waals surface area contributed by atoms with E-state index in [4.69, 9.17) is 4.74 Å². The third-order valence-corrected chi connectivity index (χ3v) is 4.91. The van der Waals surface area contributed by atoms with Crippen molar-refractivity contribution in [2.45, 2.75) is 31.9 Å². The molecule has 6 nitrogen and oxygen atoms in total. The highest BCUT2D eigenvalue weighted by molar-refractivity contribution is 5.74. The van der Waals surface area contributed by atoms with Gasteiger partial charge in [-0.1, -0.05) is 18.2 Å². The van der Waals surface area contributed by atoms with E-state index in [-0.39, 0.29) is 11.9 Å². The number of para-hydroxylation sites is 1. The number of hydrogen-bond acceptors (Lipinski definition) is 3. The molecular weight excluding hydrogens is 306 g/mol. The lowest BCUT2D eigenvalue weighted by atomic mass is 9.90. The number of rotatable bonds is 0. The van der Waals surface area contributed by atoms with Crippen LogP contribution in [0.5, 0.6) is 5.75 Å². The van der Waals surface area contributed by atoms with Crippen LogP contribution in [-0.2, 0) is 11.3 Å². The molecule has 0 saturated carbocycles. The number of carbonyl (C=O) groups excluding carboxylic acids is 2. The molecule has 6 heteroatoms. The number of urea groups is 1. The van der Waals surface area contributed by atoms with Crippen molar-refractivity contribution in [3.05, 3.63) is 29.8 Å². The minimum absolute atomic E-state index is 0.0299. The third kappa shape index (κ3) is 3.18. The second-order valence-corrected chi connectivity index (χ2v) is 6.93. The number of likely N-dealkylation sites (tertiary alicyclic amines) is 1. The van der Waals surface area contributed by atoms with Crippen molar-refractivity contribution in [1.82, 2.24) is 14.7 Å². The Morgan fingerprint density at radius 2 is 1.79 bits per heavy atom. The van der Waals surface area contributed by atoms with Crippen LogP contribution in [0.15, 0.2) is 24.3 Å². The maximum Gasteiger partial charge on any atom is 0.319 e. The molecular formula is C18H25N3O3. The van der Waals surface area contributed by atoms with E-state index in [0.717, 1.165) is 24.2 Å². The van der Waals surface area contributed by atoms with E-state index in [2.05, 4.69) is 0 Å². The predicted molar refractivity (Wildman–Crippen MR) is 90.8 cm³/mol. The van der Waals surface area contributed by atoms with Gasteiger partial charge in [0.1, 0.15) is 11.4 Å². The van der Waals surface area contributed by atoms with Gasteiger partial charge in [-0.25, -0.2) is 4.79 Å². The molecule has 2 aliphatic heterocycles. The zero-order valence-corrected chi connectivity index (χ0v) is 14.6. The quantitative estimate of drug-likeness (QED) is 0.730. The average Bonchev–Trinajstić information content (AvgIpc) is 2.71. The number of carbonyl (C=O) groups is 2. The maximum absolute atomic E-state index is 12.2.